The molecule has 0 spiro atoms. The number of imidazole rings is 1. The molecule has 0 bridgehead atoms. The van der Waals surface area contributed by atoms with Crippen molar-refractivity contribution in [3.63, 3.8) is 0 Å². The zero-order chi connectivity index (χ0) is 22.9. The van der Waals surface area contributed by atoms with Gasteiger partial charge in [0, 0.05) is 37.9 Å². The number of nitrogens with zero attached hydrogens (tertiary/aromatic N) is 4. The number of likely N-dealkylation sites (N-methyl/N-ethyl adjacent to an activating group) is 1. The normalized spacial score (nSPS) is 14.5. The molecule has 1 aliphatic rings. The molecule has 1 amide bonds. The molecular formula is C25H22BIN4O2. The molecule has 0 atom stereocenters. The van der Waals surface area contributed by atoms with E-state index in [-0.39, 0.29) is 5.91 Å². The third-order valence-electron chi connectivity index (χ3n) is 5.88. The number of fused-ring (bicyclic) bond motifs is 1. The van der Waals surface area contributed by atoms with Crippen LogP contribution in [0.25, 0.3) is 16.8 Å². The van der Waals surface area contributed by atoms with Crippen LogP contribution in [-0.4, -0.2) is 66.2 Å². The molecule has 8 heteroatoms. The number of carbonyl (C=O) groups is 1. The summed E-state index contributed by atoms with van der Waals surface area (Å²) in [5.41, 5.74) is 4.29. The second-order valence-electron chi connectivity index (χ2n) is 8.20. The number of hydrogen-bond acceptors (Lipinski definition) is 4. The van der Waals surface area contributed by atoms with Crippen LogP contribution in [0.4, 0.5) is 0 Å². The van der Waals surface area contributed by atoms with Gasteiger partial charge in [0.05, 0.1) is 0 Å². The summed E-state index contributed by atoms with van der Waals surface area (Å²) in [7, 11) is 7.84. The third-order valence-corrected chi connectivity index (χ3v) is 6.86. The molecule has 2 radical (unpaired) electrons. The minimum Gasteiger partial charge on any atom is -0.437 e. The van der Waals surface area contributed by atoms with Crippen molar-refractivity contribution in [2.24, 2.45) is 0 Å². The molecular weight excluding hydrogens is 526 g/mol. The van der Waals surface area contributed by atoms with E-state index < -0.39 is 0 Å². The average molecular weight is 548 g/mol. The molecule has 0 N–H and O–H groups in total. The van der Waals surface area contributed by atoms with Crippen LogP contribution in [0.1, 0.15) is 10.4 Å². The van der Waals surface area contributed by atoms with E-state index in [9.17, 15) is 4.79 Å². The minimum atomic E-state index is 0.0960. The van der Waals surface area contributed by atoms with Crippen molar-refractivity contribution in [1.82, 2.24) is 19.2 Å². The van der Waals surface area contributed by atoms with Gasteiger partial charge in [0.15, 0.2) is 0 Å². The molecule has 33 heavy (non-hydrogen) atoms. The van der Waals surface area contributed by atoms with Crippen LogP contribution < -0.4 is 10.2 Å². The number of aromatic nitrogens is 2. The molecule has 1 saturated heterocycles. The molecule has 1 aliphatic heterocycles. The van der Waals surface area contributed by atoms with Crippen molar-refractivity contribution >= 4 is 47.5 Å². The van der Waals surface area contributed by atoms with Crippen molar-refractivity contribution in [3.8, 4) is 22.8 Å². The number of ether oxygens (including phenoxy) is 1. The third kappa shape index (κ3) is 4.63. The van der Waals surface area contributed by atoms with E-state index in [0.29, 0.717) is 17.1 Å². The van der Waals surface area contributed by atoms with Crippen molar-refractivity contribution in [1.29, 1.82) is 0 Å². The molecule has 6 nitrogen and oxygen atoms in total. The first-order valence-corrected chi connectivity index (χ1v) is 11.8. The molecule has 4 aromatic rings. The highest BCUT2D eigenvalue weighted by molar-refractivity contribution is 14.1. The number of rotatable bonds is 4. The second kappa shape index (κ2) is 9.19. The van der Waals surface area contributed by atoms with E-state index in [1.165, 1.54) is 0 Å². The van der Waals surface area contributed by atoms with E-state index in [1.807, 2.05) is 64.0 Å². The van der Waals surface area contributed by atoms with Crippen molar-refractivity contribution in [2.75, 3.05) is 33.2 Å². The maximum atomic E-state index is 12.8. The quantitative estimate of drug-likeness (QED) is 0.289. The Morgan fingerprint density at radius 3 is 2.30 bits per heavy atom. The summed E-state index contributed by atoms with van der Waals surface area (Å²) in [6, 6.07) is 19.1. The number of amides is 1. The minimum absolute atomic E-state index is 0.0960. The molecule has 0 aliphatic carbocycles. The van der Waals surface area contributed by atoms with E-state index in [1.54, 1.807) is 12.1 Å². The molecule has 0 saturated carbocycles. The molecule has 2 aromatic carbocycles. The SMILES string of the molecule is [B]c1ccc(Oc2nc3ccc(-c4ccc(C(=O)N5CCN(C)CC5)cc4)cn3c2I)cc1. The summed E-state index contributed by atoms with van der Waals surface area (Å²) in [4.78, 5) is 21.6. The summed E-state index contributed by atoms with van der Waals surface area (Å²) in [5.74, 6) is 1.33. The lowest BCUT2D eigenvalue weighted by molar-refractivity contribution is 0.0664. The van der Waals surface area contributed by atoms with Crippen LogP contribution in [0.15, 0.2) is 66.9 Å². The first-order chi connectivity index (χ1) is 16.0. The van der Waals surface area contributed by atoms with E-state index >= 15 is 0 Å². The van der Waals surface area contributed by atoms with Gasteiger partial charge >= 0.3 is 0 Å². The lowest BCUT2D eigenvalue weighted by Gasteiger charge is -2.32. The van der Waals surface area contributed by atoms with Gasteiger partial charge in [-0.25, -0.2) is 0 Å². The topological polar surface area (TPSA) is 50.1 Å². The summed E-state index contributed by atoms with van der Waals surface area (Å²) < 4.78 is 8.84. The highest BCUT2D eigenvalue weighted by Crippen LogP contribution is 2.29. The number of pyridine rings is 1. The predicted molar refractivity (Wildman–Crippen MR) is 139 cm³/mol. The van der Waals surface area contributed by atoms with E-state index in [0.717, 1.165) is 52.2 Å². The van der Waals surface area contributed by atoms with Gasteiger partial charge in [-0.15, -0.1) is 0 Å². The number of halogens is 1. The van der Waals surface area contributed by atoms with Crippen LogP contribution >= 0.6 is 22.6 Å². The Balaban J connectivity index is 1.36. The first-order valence-electron chi connectivity index (χ1n) is 10.8. The fourth-order valence-electron chi connectivity index (χ4n) is 3.88. The van der Waals surface area contributed by atoms with Gasteiger partial charge in [-0.1, -0.05) is 29.7 Å². The molecule has 2 aromatic heterocycles. The first kappa shape index (κ1) is 22.0. The van der Waals surface area contributed by atoms with Gasteiger partial charge in [-0.3, -0.25) is 9.20 Å². The summed E-state index contributed by atoms with van der Waals surface area (Å²) in [6.07, 6.45) is 2.04. The Kier molecular flexibility index (Phi) is 6.12. The maximum Gasteiger partial charge on any atom is 0.253 e. The molecule has 0 unspecified atom stereocenters. The highest BCUT2D eigenvalue weighted by atomic mass is 127. The standard InChI is InChI=1S/C25H22BIN4O2/c1-29-12-14-30(15-13-29)25(32)18-4-2-17(3-5-18)19-6-11-22-28-24(23(27)31(22)16-19)33-21-9-7-20(26)8-10-21/h2-11,16H,12-15H2,1H3. The molecule has 5 rings (SSSR count). The zero-order valence-electron chi connectivity index (χ0n) is 18.2. The fourth-order valence-corrected chi connectivity index (χ4v) is 4.49. The summed E-state index contributed by atoms with van der Waals surface area (Å²) in [5, 5.41) is 0. The Morgan fingerprint density at radius 2 is 1.61 bits per heavy atom. The lowest BCUT2D eigenvalue weighted by atomic mass is 9.97. The van der Waals surface area contributed by atoms with Crippen LogP contribution in [0.5, 0.6) is 11.6 Å². The van der Waals surface area contributed by atoms with Crippen molar-refractivity contribution in [2.45, 2.75) is 0 Å². The van der Waals surface area contributed by atoms with Gasteiger partial charge < -0.3 is 14.5 Å². The fraction of sp³-hybridized carbons (Fsp3) is 0.200. The van der Waals surface area contributed by atoms with Gasteiger partial charge in [-0.2, -0.15) is 4.98 Å². The van der Waals surface area contributed by atoms with Crippen LogP contribution in [0.3, 0.4) is 0 Å². The summed E-state index contributed by atoms with van der Waals surface area (Å²) >= 11 is 2.24. The number of hydrogen-bond donors (Lipinski definition) is 0. The lowest BCUT2D eigenvalue weighted by Crippen LogP contribution is -2.47. The van der Waals surface area contributed by atoms with Gasteiger partial charge in [-0.05, 0) is 77.2 Å². The molecule has 3 heterocycles. The van der Waals surface area contributed by atoms with Crippen LogP contribution in [-0.2, 0) is 0 Å². The van der Waals surface area contributed by atoms with E-state index in [4.69, 9.17) is 12.6 Å². The number of carbonyl (C=O) groups excluding carboxylic acids is 1. The predicted octanol–water partition coefficient (Wildman–Crippen LogP) is 3.58. The average Bonchev–Trinajstić information content (AvgIpc) is 3.15. The van der Waals surface area contributed by atoms with Crippen LogP contribution in [0.2, 0.25) is 0 Å². The zero-order valence-corrected chi connectivity index (χ0v) is 20.4. The number of piperazine rings is 1. The van der Waals surface area contributed by atoms with Gasteiger partial charge in [0.2, 0.25) is 0 Å². The monoisotopic (exact) mass is 548 g/mol. The Labute approximate surface area is 207 Å². The Hall–Kier alpha value is -2.85. The second-order valence-corrected chi connectivity index (χ2v) is 9.22. The Bertz CT molecular complexity index is 1300. The van der Waals surface area contributed by atoms with Gasteiger partial charge in [0.25, 0.3) is 11.8 Å². The smallest absolute Gasteiger partial charge is 0.253 e. The van der Waals surface area contributed by atoms with Crippen molar-refractivity contribution in [3.05, 3.63) is 76.1 Å². The Morgan fingerprint density at radius 1 is 0.939 bits per heavy atom. The maximum absolute atomic E-state index is 12.8. The number of benzene rings is 2. The summed E-state index contributed by atoms with van der Waals surface area (Å²) in [6.45, 7) is 3.37. The highest BCUT2D eigenvalue weighted by Gasteiger charge is 2.20. The molecule has 1 fully saturated rings. The molecule has 164 valence electrons. The van der Waals surface area contributed by atoms with Crippen molar-refractivity contribution < 1.29 is 9.53 Å². The van der Waals surface area contributed by atoms with Crippen LogP contribution in [0, 0.1) is 3.70 Å². The van der Waals surface area contributed by atoms with E-state index in [2.05, 4.69) is 39.5 Å². The largest absolute Gasteiger partial charge is 0.437 e. The van der Waals surface area contributed by atoms with Gasteiger partial charge in [0.1, 0.15) is 22.9 Å².